The van der Waals surface area contributed by atoms with Gasteiger partial charge in [0.1, 0.15) is 5.82 Å². The second kappa shape index (κ2) is 4.90. The number of hydrogen-bond acceptors (Lipinski definition) is 2. The quantitative estimate of drug-likeness (QED) is 0.817. The third kappa shape index (κ3) is 2.35. The van der Waals surface area contributed by atoms with E-state index >= 15 is 0 Å². The Morgan fingerprint density at radius 1 is 1.24 bits per heavy atom. The van der Waals surface area contributed by atoms with Crippen LogP contribution in [0.1, 0.15) is 0 Å². The monoisotopic (exact) mass is 271 g/mol. The number of hydrogen-bond donors (Lipinski definition) is 0. The van der Waals surface area contributed by atoms with Gasteiger partial charge in [0, 0.05) is 11.1 Å². The summed E-state index contributed by atoms with van der Waals surface area (Å²) in [5.74, 6) is -0.160. The summed E-state index contributed by atoms with van der Waals surface area (Å²) in [5.41, 5.74) is 1.06. The molecule has 0 spiro atoms. The van der Waals surface area contributed by atoms with Gasteiger partial charge in [-0.15, -0.1) is 0 Å². The standard InChI is InChI=1S/C12H8Cl2FNO/c1-17-12-9(5-7(15)6-16-12)8-3-2-4-10(13)11(8)14/h2-6H,1H3. The Morgan fingerprint density at radius 2 is 2.00 bits per heavy atom. The van der Waals surface area contributed by atoms with Gasteiger partial charge in [0.2, 0.25) is 5.88 Å². The van der Waals surface area contributed by atoms with Crippen LogP contribution >= 0.6 is 23.2 Å². The minimum absolute atomic E-state index is 0.301. The van der Waals surface area contributed by atoms with Crippen molar-refractivity contribution in [3.8, 4) is 17.0 Å². The number of pyridine rings is 1. The van der Waals surface area contributed by atoms with E-state index in [0.717, 1.165) is 6.20 Å². The SMILES string of the molecule is COc1ncc(F)cc1-c1cccc(Cl)c1Cl. The van der Waals surface area contributed by atoms with E-state index in [-0.39, 0.29) is 0 Å². The fraction of sp³-hybridized carbons (Fsp3) is 0.0833. The molecule has 0 radical (unpaired) electrons. The van der Waals surface area contributed by atoms with E-state index in [1.165, 1.54) is 13.2 Å². The van der Waals surface area contributed by atoms with Crippen LogP contribution in [0.15, 0.2) is 30.5 Å². The third-order valence-corrected chi connectivity index (χ3v) is 3.07. The van der Waals surface area contributed by atoms with Crippen LogP contribution in [0.25, 0.3) is 11.1 Å². The molecule has 5 heteroatoms. The molecule has 2 nitrogen and oxygen atoms in total. The maximum Gasteiger partial charge on any atom is 0.221 e. The van der Waals surface area contributed by atoms with Gasteiger partial charge in [-0.2, -0.15) is 0 Å². The molecule has 0 saturated carbocycles. The van der Waals surface area contributed by atoms with Gasteiger partial charge < -0.3 is 4.74 Å². The van der Waals surface area contributed by atoms with Gasteiger partial charge in [-0.1, -0.05) is 35.3 Å². The Hall–Kier alpha value is -1.32. The van der Waals surface area contributed by atoms with Crippen molar-refractivity contribution < 1.29 is 9.13 Å². The third-order valence-electron chi connectivity index (χ3n) is 2.25. The number of aromatic nitrogens is 1. The first-order valence-electron chi connectivity index (χ1n) is 4.77. The smallest absolute Gasteiger partial charge is 0.221 e. The molecule has 0 N–H and O–H groups in total. The van der Waals surface area contributed by atoms with E-state index < -0.39 is 5.82 Å². The molecule has 1 aromatic heterocycles. The topological polar surface area (TPSA) is 22.1 Å². The predicted molar refractivity (Wildman–Crippen MR) is 66.2 cm³/mol. The van der Waals surface area contributed by atoms with Crippen LogP contribution in [0.5, 0.6) is 5.88 Å². The summed E-state index contributed by atoms with van der Waals surface area (Å²) in [6.45, 7) is 0. The fourth-order valence-electron chi connectivity index (χ4n) is 1.49. The van der Waals surface area contributed by atoms with Gasteiger partial charge in [0.15, 0.2) is 0 Å². The zero-order valence-electron chi connectivity index (χ0n) is 8.88. The average molecular weight is 272 g/mol. The van der Waals surface area contributed by atoms with Crippen molar-refractivity contribution in [3.63, 3.8) is 0 Å². The van der Waals surface area contributed by atoms with Crippen molar-refractivity contribution in [3.05, 3.63) is 46.3 Å². The Labute approximate surface area is 108 Å². The molecule has 2 rings (SSSR count). The second-order valence-electron chi connectivity index (χ2n) is 3.31. The first-order valence-corrected chi connectivity index (χ1v) is 5.53. The lowest BCUT2D eigenvalue weighted by atomic mass is 10.1. The molecule has 0 aliphatic rings. The second-order valence-corrected chi connectivity index (χ2v) is 4.10. The normalized spacial score (nSPS) is 10.4. The van der Waals surface area contributed by atoms with Gasteiger partial charge in [-0.05, 0) is 12.1 Å². The number of methoxy groups -OCH3 is 1. The van der Waals surface area contributed by atoms with E-state index in [2.05, 4.69) is 4.98 Å². The molecule has 88 valence electrons. The molecule has 17 heavy (non-hydrogen) atoms. The van der Waals surface area contributed by atoms with Crippen LogP contribution < -0.4 is 4.74 Å². The lowest BCUT2D eigenvalue weighted by molar-refractivity contribution is 0.397. The van der Waals surface area contributed by atoms with Crippen molar-refractivity contribution in [2.45, 2.75) is 0 Å². The molecule has 0 unspecified atom stereocenters. The van der Waals surface area contributed by atoms with Crippen LogP contribution in [0.4, 0.5) is 4.39 Å². The molecule has 1 heterocycles. The van der Waals surface area contributed by atoms with Gasteiger partial charge in [0.25, 0.3) is 0 Å². The van der Waals surface area contributed by atoms with Gasteiger partial charge >= 0.3 is 0 Å². The maximum absolute atomic E-state index is 13.2. The first-order chi connectivity index (χ1) is 8.13. The lowest BCUT2D eigenvalue weighted by Crippen LogP contribution is -1.93. The van der Waals surface area contributed by atoms with Crippen molar-refractivity contribution in [2.75, 3.05) is 7.11 Å². The van der Waals surface area contributed by atoms with E-state index in [1.54, 1.807) is 18.2 Å². The molecular formula is C12H8Cl2FNO. The summed E-state index contributed by atoms with van der Waals surface area (Å²) in [5, 5.41) is 0.746. The first kappa shape index (κ1) is 12.1. The molecule has 2 aromatic rings. The summed E-state index contributed by atoms with van der Waals surface area (Å²) in [6, 6.07) is 6.43. The summed E-state index contributed by atoms with van der Waals surface area (Å²) >= 11 is 12.0. The molecule has 0 bridgehead atoms. The summed E-state index contributed by atoms with van der Waals surface area (Å²) in [4.78, 5) is 3.84. The summed E-state index contributed by atoms with van der Waals surface area (Å²) < 4.78 is 18.3. The van der Waals surface area contributed by atoms with Crippen LogP contribution in [-0.2, 0) is 0 Å². The fourth-order valence-corrected chi connectivity index (χ4v) is 1.90. The molecule has 0 fully saturated rings. The van der Waals surface area contributed by atoms with Crippen LogP contribution in [0.2, 0.25) is 10.0 Å². The van der Waals surface area contributed by atoms with Crippen molar-refractivity contribution >= 4 is 23.2 Å². The lowest BCUT2D eigenvalue weighted by Gasteiger charge is -2.09. The van der Waals surface area contributed by atoms with E-state index in [1.807, 2.05) is 0 Å². The number of halogens is 3. The van der Waals surface area contributed by atoms with E-state index in [4.69, 9.17) is 27.9 Å². The van der Waals surface area contributed by atoms with Gasteiger partial charge in [-0.25, -0.2) is 9.37 Å². The Balaban J connectivity index is 2.67. The molecule has 0 atom stereocenters. The van der Waals surface area contributed by atoms with Gasteiger partial charge in [-0.3, -0.25) is 0 Å². The highest BCUT2D eigenvalue weighted by molar-refractivity contribution is 6.43. The van der Waals surface area contributed by atoms with Crippen molar-refractivity contribution in [2.24, 2.45) is 0 Å². The Morgan fingerprint density at radius 3 is 2.71 bits per heavy atom. The zero-order chi connectivity index (χ0) is 12.4. The van der Waals surface area contributed by atoms with Crippen molar-refractivity contribution in [1.29, 1.82) is 0 Å². The van der Waals surface area contributed by atoms with E-state index in [0.29, 0.717) is 27.1 Å². The summed E-state index contributed by atoms with van der Waals surface area (Å²) in [6.07, 6.45) is 1.08. The molecule has 0 amide bonds. The minimum atomic E-state index is -0.461. The number of ether oxygens (including phenoxy) is 1. The molecule has 1 aromatic carbocycles. The predicted octanol–water partition coefficient (Wildman–Crippen LogP) is 4.20. The zero-order valence-corrected chi connectivity index (χ0v) is 10.4. The Bertz CT molecular complexity index is 560. The maximum atomic E-state index is 13.2. The number of rotatable bonds is 2. The minimum Gasteiger partial charge on any atom is -0.481 e. The van der Waals surface area contributed by atoms with Crippen LogP contribution in [-0.4, -0.2) is 12.1 Å². The highest BCUT2D eigenvalue weighted by Crippen LogP contribution is 2.37. The molecular weight excluding hydrogens is 264 g/mol. The van der Waals surface area contributed by atoms with Crippen LogP contribution in [0.3, 0.4) is 0 Å². The number of benzene rings is 1. The van der Waals surface area contributed by atoms with E-state index in [9.17, 15) is 4.39 Å². The van der Waals surface area contributed by atoms with Crippen molar-refractivity contribution in [1.82, 2.24) is 4.98 Å². The Kier molecular flexibility index (Phi) is 3.50. The highest BCUT2D eigenvalue weighted by atomic mass is 35.5. The van der Waals surface area contributed by atoms with Crippen LogP contribution in [0, 0.1) is 5.82 Å². The highest BCUT2D eigenvalue weighted by Gasteiger charge is 2.13. The molecule has 0 saturated heterocycles. The molecule has 0 aliphatic heterocycles. The largest absolute Gasteiger partial charge is 0.481 e. The number of nitrogens with zero attached hydrogens (tertiary/aromatic N) is 1. The molecule has 0 aliphatic carbocycles. The van der Waals surface area contributed by atoms with Gasteiger partial charge in [0.05, 0.1) is 23.4 Å². The summed E-state index contributed by atoms with van der Waals surface area (Å²) in [7, 11) is 1.46. The average Bonchev–Trinajstić information content (AvgIpc) is 2.33.